The fourth-order valence-electron chi connectivity index (χ4n) is 4.18. The highest BCUT2D eigenvalue weighted by molar-refractivity contribution is 8.16. The summed E-state index contributed by atoms with van der Waals surface area (Å²) in [6, 6.07) is 17.4. The van der Waals surface area contributed by atoms with Gasteiger partial charge in [-0.3, -0.25) is 4.79 Å². The number of amides is 1. The number of rotatable bonds is 6. The highest BCUT2D eigenvalue weighted by Crippen LogP contribution is 2.44. The van der Waals surface area contributed by atoms with E-state index in [0.29, 0.717) is 11.3 Å². The van der Waals surface area contributed by atoms with Gasteiger partial charge in [-0.1, -0.05) is 71.9 Å². The highest BCUT2D eigenvalue weighted by Gasteiger charge is 2.41. The summed E-state index contributed by atoms with van der Waals surface area (Å²) < 4.78 is 5.11. The zero-order valence-electron chi connectivity index (χ0n) is 19.2. The van der Waals surface area contributed by atoms with E-state index >= 15 is 0 Å². The third-order valence-electron chi connectivity index (χ3n) is 5.78. The van der Waals surface area contributed by atoms with E-state index in [9.17, 15) is 9.59 Å². The van der Waals surface area contributed by atoms with E-state index in [-0.39, 0.29) is 18.4 Å². The molecule has 2 aromatic rings. The molecule has 0 spiro atoms. The molecule has 170 valence electrons. The first-order valence-corrected chi connectivity index (χ1v) is 11.7. The van der Waals surface area contributed by atoms with E-state index in [2.05, 4.69) is 16.4 Å². The lowest BCUT2D eigenvalue weighted by atomic mass is 9.93. The molecule has 2 aliphatic rings. The van der Waals surface area contributed by atoms with Gasteiger partial charge in [0.2, 0.25) is 5.91 Å². The molecule has 0 aromatic heterocycles. The average Bonchev–Trinajstić information content (AvgIpc) is 3.19. The number of carbonyl (C=O) groups is 2. The molecule has 2 aromatic carbocycles. The summed E-state index contributed by atoms with van der Waals surface area (Å²) in [5, 5.41) is 5.78. The molecule has 2 aliphatic heterocycles. The Hall–Kier alpha value is -3.32. The molecule has 1 N–H and O–H groups in total. The van der Waals surface area contributed by atoms with Gasteiger partial charge in [-0.2, -0.15) is 0 Å². The van der Waals surface area contributed by atoms with Crippen LogP contribution in [0.2, 0.25) is 0 Å². The van der Waals surface area contributed by atoms with Crippen LogP contribution < -0.4 is 5.32 Å². The van der Waals surface area contributed by atoms with Gasteiger partial charge in [0, 0.05) is 5.70 Å². The zero-order chi connectivity index (χ0) is 23.5. The predicted molar refractivity (Wildman–Crippen MR) is 131 cm³/mol. The number of benzene rings is 2. The lowest BCUT2D eigenvalue weighted by molar-refractivity contribution is -0.136. The van der Waals surface area contributed by atoms with E-state index < -0.39 is 12.0 Å². The minimum absolute atomic E-state index is 0.0895. The molecule has 2 atom stereocenters. The molecule has 0 bridgehead atoms. The van der Waals surface area contributed by atoms with Gasteiger partial charge < -0.3 is 15.0 Å². The van der Waals surface area contributed by atoms with Gasteiger partial charge >= 0.3 is 5.97 Å². The second kappa shape index (κ2) is 9.67. The Kier molecular flexibility index (Phi) is 6.70. The van der Waals surface area contributed by atoms with Crippen LogP contribution in [0.25, 0.3) is 0 Å². The SMILES string of the molecule is COC(=O)C1=C(C)N=C2SC=C(CC(=O)NC(C)c3ccccc3)N2C1c1cccc(C)c1. The number of amidine groups is 1. The lowest BCUT2D eigenvalue weighted by Crippen LogP contribution is -2.38. The molecular weight excluding hydrogens is 434 g/mol. The van der Waals surface area contributed by atoms with Crippen molar-refractivity contribution in [3.05, 3.63) is 93.7 Å². The fourth-order valence-corrected chi connectivity index (χ4v) is 5.14. The fraction of sp³-hybridized carbons (Fsp3) is 0.269. The molecule has 6 nitrogen and oxygen atoms in total. The smallest absolute Gasteiger partial charge is 0.338 e. The number of thioether (sulfide) groups is 1. The number of nitrogens with one attached hydrogen (secondary N) is 1. The van der Waals surface area contributed by atoms with Gasteiger partial charge in [-0.25, -0.2) is 9.79 Å². The lowest BCUT2D eigenvalue weighted by Gasteiger charge is -2.36. The molecule has 7 heteroatoms. The van der Waals surface area contributed by atoms with Crippen LogP contribution in [0.4, 0.5) is 0 Å². The Morgan fingerprint density at radius 3 is 2.61 bits per heavy atom. The van der Waals surface area contributed by atoms with Crippen molar-refractivity contribution in [2.24, 2.45) is 4.99 Å². The second-order valence-corrected chi connectivity index (χ2v) is 9.01. The van der Waals surface area contributed by atoms with Crippen molar-refractivity contribution in [3.63, 3.8) is 0 Å². The van der Waals surface area contributed by atoms with Crippen LogP contribution in [0.5, 0.6) is 0 Å². The van der Waals surface area contributed by atoms with Crippen molar-refractivity contribution >= 4 is 28.8 Å². The molecule has 2 unspecified atom stereocenters. The first kappa shape index (κ1) is 22.9. The Labute approximate surface area is 198 Å². The van der Waals surface area contributed by atoms with Gasteiger partial charge in [0.15, 0.2) is 5.17 Å². The van der Waals surface area contributed by atoms with Crippen LogP contribution >= 0.6 is 11.8 Å². The number of aliphatic imine (C=N–C) groups is 1. The van der Waals surface area contributed by atoms with Crippen molar-refractivity contribution in [2.45, 2.75) is 39.3 Å². The molecule has 4 rings (SSSR count). The first-order valence-electron chi connectivity index (χ1n) is 10.8. The highest BCUT2D eigenvalue weighted by atomic mass is 32.2. The van der Waals surface area contributed by atoms with E-state index in [1.54, 1.807) is 0 Å². The van der Waals surface area contributed by atoms with Gasteiger partial charge in [0.1, 0.15) is 0 Å². The normalized spacial score (nSPS) is 18.3. The van der Waals surface area contributed by atoms with Crippen LogP contribution in [0.15, 0.2) is 82.0 Å². The summed E-state index contributed by atoms with van der Waals surface area (Å²) in [5.41, 5.74) is 5.00. The summed E-state index contributed by atoms with van der Waals surface area (Å²) in [7, 11) is 1.38. The molecule has 0 aliphatic carbocycles. The molecule has 2 heterocycles. The average molecular weight is 462 g/mol. The minimum atomic E-state index is -0.416. The number of carbonyl (C=O) groups excluding carboxylic acids is 2. The summed E-state index contributed by atoms with van der Waals surface area (Å²) in [4.78, 5) is 32.4. The summed E-state index contributed by atoms with van der Waals surface area (Å²) >= 11 is 1.47. The van der Waals surface area contributed by atoms with Crippen molar-refractivity contribution in [2.75, 3.05) is 7.11 Å². The van der Waals surface area contributed by atoms with Crippen LogP contribution in [0.3, 0.4) is 0 Å². The number of aryl methyl sites for hydroxylation is 1. The van der Waals surface area contributed by atoms with Crippen LogP contribution in [0.1, 0.15) is 49.0 Å². The molecule has 0 saturated heterocycles. The maximum Gasteiger partial charge on any atom is 0.338 e. The van der Waals surface area contributed by atoms with Crippen molar-refractivity contribution < 1.29 is 14.3 Å². The standard InChI is InChI=1S/C26H27N3O3S/c1-16-9-8-12-20(13-16)24-23(25(31)32-4)18(3)28-26-29(24)21(15-33-26)14-22(30)27-17(2)19-10-6-5-7-11-19/h5-13,15,17,24H,14H2,1-4H3,(H,27,30). The number of esters is 1. The number of allylic oxidation sites excluding steroid dienone is 1. The Morgan fingerprint density at radius 2 is 1.91 bits per heavy atom. The summed E-state index contributed by atoms with van der Waals surface area (Å²) in [6.07, 6.45) is 0.180. The molecular formula is C26H27N3O3S. The molecule has 1 amide bonds. The van der Waals surface area contributed by atoms with Gasteiger partial charge in [-0.05, 0) is 37.3 Å². The van der Waals surface area contributed by atoms with Gasteiger partial charge in [-0.15, -0.1) is 0 Å². The number of ether oxygens (including phenoxy) is 1. The first-order chi connectivity index (χ1) is 15.9. The summed E-state index contributed by atoms with van der Waals surface area (Å²) in [5.74, 6) is -0.506. The van der Waals surface area contributed by atoms with Crippen molar-refractivity contribution in [3.8, 4) is 0 Å². The third-order valence-corrected chi connectivity index (χ3v) is 6.67. The minimum Gasteiger partial charge on any atom is -0.466 e. The molecule has 0 saturated carbocycles. The maximum atomic E-state index is 13.0. The molecule has 0 fully saturated rings. The predicted octanol–water partition coefficient (Wildman–Crippen LogP) is 5.01. The zero-order valence-corrected chi connectivity index (χ0v) is 20.0. The number of methoxy groups -OCH3 is 1. The second-order valence-electron chi connectivity index (χ2n) is 8.18. The van der Waals surface area contributed by atoms with Crippen LogP contribution in [-0.2, 0) is 14.3 Å². The molecule has 0 radical (unpaired) electrons. The van der Waals surface area contributed by atoms with E-state index in [1.165, 1.54) is 18.9 Å². The topological polar surface area (TPSA) is 71.0 Å². The Bertz CT molecular complexity index is 1170. The quantitative estimate of drug-likeness (QED) is 0.613. The van der Waals surface area contributed by atoms with Gasteiger partial charge in [0.05, 0.1) is 36.9 Å². The summed E-state index contributed by atoms with van der Waals surface area (Å²) in [6.45, 7) is 5.81. The van der Waals surface area contributed by atoms with Crippen molar-refractivity contribution in [1.82, 2.24) is 10.2 Å². The molecule has 33 heavy (non-hydrogen) atoms. The largest absolute Gasteiger partial charge is 0.466 e. The Balaban J connectivity index is 1.62. The number of hydrogen-bond acceptors (Lipinski definition) is 6. The van der Waals surface area contributed by atoms with Crippen molar-refractivity contribution in [1.29, 1.82) is 0 Å². The Morgan fingerprint density at radius 1 is 1.15 bits per heavy atom. The monoisotopic (exact) mass is 461 g/mol. The third kappa shape index (κ3) is 4.73. The number of fused-ring (bicyclic) bond motifs is 1. The maximum absolute atomic E-state index is 13.0. The van der Waals surface area contributed by atoms with E-state index in [4.69, 9.17) is 4.74 Å². The van der Waals surface area contributed by atoms with Crippen LogP contribution in [-0.4, -0.2) is 29.1 Å². The van der Waals surface area contributed by atoms with E-state index in [1.807, 2.05) is 79.6 Å². The number of hydrogen-bond donors (Lipinski definition) is 1. The number of nitrogens with zero attached hydrogens (tertiary/aromatic N) is 2. The van der Waals surface area contributed by atoms with E-state index in [0.717, 1.165) is 27.6 Å². The van der Waals surface area contributed by atoms with Crippen LogP contribution in [0, 0.1) is 6.92 Å². The van der Waals surface area contributed by atoms with Gasteiger partial charge in [0.25, 0.3) is 0 Å².